The number of halogens is 1. The highest BCUT2D eigenvalue weighted by Crippen LogP contribution is 1.99. The third-order valence-corrected chi connectivity index (χ3v) is 2.02. The first kappa shape index (κ1) is 10.0. The van der Waals surface area contributed by atoms with Gasteiger partial charge in [0, 0.05) is 0 Å². The molecule has 0 spiro atoms. The molecule has 1 aromatic heterocycles. The van der Waals surface area contributed by atoms with Crippen LogP contribution in [0.2, 0.25) is 5.15 Å². The Labute approximate surface area is 83.1 Å². The summed E-state index contributed by atoms with van der Waals surface area (Å²) >= 11 is 5.84. The van der Waals surface area contributed by atoms with Gasteiger partial charge < -0.3 is 0 Å². The average Bonchev–Trinajstić information content (AvgIpc) is 2.04. The summed E-state index contributed by atoms with van der Waals surface area (Å²) in [6, 6.07) is 1.86. The van der Waals surface area contributed by atoms with Gasteiger partial charge in [-0.1, -0.05) is 30.3 Å². The third-order valence-electron chi connectivity index (χ3n) is 1.83. The Hall–Kier alpha value is -1.08. The number of aromatic nitrogens is 1. The smallest absolute Gasteiger partial charge is 0.130 e. The number of allylic oxidation sites excluding steroid dienone is 1. The molecular formula is C11H12ClN. The van der Waals surface area contributed by atoms with Gasteiger partial charge in [0.25, 0.3) is 0 Å². The van der Waals surface area contributed by atoms with Gasteiger partial charge in [-0.05, 0) is 36.8 Å². The van der Waals surface area contributed by atoms with Crippen molar-refractivity contribution < 1.29 is 0 Å². The molecule has 0 fully saturated rings. The maximum absolute atomic E-state index is 5.84. The lowest BCUT2D eigenvalue weighted by Crippen LogP contribution is -2.30. The van der Waals surface area contributed by atoms with Crippen LogP contribution < -0.4 is 10.6 Å². The Morgan fingerprint density at radius 3 is 2.77 bits per heavy atom. The number of aryl methyl sites for hydroxylation is 1. The normalized spacial score (nSPS) is 13.5. The van der Waals surface area contributed by atoms with E-state index in [1.165, 1.54) is 0 Å². The van der Waals surface area contributed by atoms with Crippen LogP contribution in [-0.2, 0) is 0 Å². The first-order valence-electron chi connectivity index (χ1n) is 4.11. The number of nitrogens with zero attached hydrogens (tertiary/aromatic N) is 1. The first-order chi connectivity index (χ1) is 6.19. The predicted molar refractivity (Wildman–Crippen MR) is 58.0 cm³/mol. The fraction of sp³-hybridized carbons (Fsp3) is 0.182. The lowest BCUT2D eigenvalue weighted by atomic mass is 10.2. The molecule has 13 heavy (non-hydrogen) atoms. The van der Waals surface area contributed by atoms with Crippen LogP contribution in [-0.4, -0.2) is 4.98 Å². The molecule has 0 aliphatic heterocycles. The highest BCUT2D eigenvalue weighted by Gasteiger charge is 1.94. The molecule has 0 N–H and O–H groups in total. The zero-order valence-electron chi connectivity index (χ0n) is 7.84. The minimum Gasteiger partial charge on any atom is -0.236 e. The van der Waals surface area contributed by atoms with Crippen molar-refractivity contribution in [2.24, 2.45) is 0 Å². The molecule has 68 valence electrons. The van der Waals surface area contributed by atoms with Crippen molar-refractivity contribution in [1.29, 1.82) is 0 Å². The molecule has 0 saturated heterocycles. The van der Waals surface area contributed by atoms with Crippen LogP contribution in [0.25, 0.3) is 12.2 Å². The monoisotopic (exact) mass is 193 g/mol. The van der Waals surface area contributed by atoms with E-state index < -0.39 is 0 Å². The molecule has 0 saturated carbocycles. The lowest BCUT2D eigenvalue weighted by Gasteiger charge is -1.96. The Morgan fingerprint density at radius 2 is 2.23 bits per heavy atom. The second kappa shape index (κ2) is 4.24. The first-order valence-corrected chi connectivity index (χ1v) is 4.49. The van der Waals surface area contributed by atoms with Gasteiger partial charge in [0.2, 0.25) is 0 Å². The zero-order valence-corrected chi connectivity index (χ0v) is 8.60. The van der Waals surface area contributed by atoms with Crippen molar-refractivity contribution in [2.75, 3.05) is 0 Å². The Kier molecular flexibility index (Phi) is 3.26. The summed E-state index contributed by atoms with van der Waals surface area (Å²) in [4.78, 5) is 4.20. The fourth-order valence-electron chi connectivity index (χ4n) is 1.28. The SMILES string of the molecule is C=C/C=c1/nc(Cl)cc(C)/c1=C/C. The number of hydrogen-bond donors (Lipinski definition) is 0. The molecule has 1 rings (SSSR count). The second-order valence-electron chi connectivity index (χ2n) is 2.75. The van der Waals surface area contributed by atoms with Gasteiger partial charge in [-0.2, -0.15) is 0 Å². The maximum atomic E-state index is 5.84. The molecule has 0 atom stereocenters. The Morgan fingerprint density at radius 1 is 1.54 bits per heavy atom. The molecule has 0 unspecified atom stereocenters. The Bertz CT molecular complexity index is 432. The standard InChI is InChI=1S/C11H12ClN/c1-4-6-10-9(5-2)8(3)7-11(12)13-10/h4-7H,1H2,2-3H3/b9-5-,10-6+. The topological polar surface area (TPSA) is 12.9 Å². The number of pyridine rings is 1. The van der Waals surface area contributed by atoms with Crippen LogP contribution in [0.1, 0.15) is 12.5 Å². The summed E-state index contributed by atoms with van der Waals surface area (Å²) in [7, 11) is 0. The molecule has 2 heteroatoms. The Balaban J connectivity index is 3.68. The molecule has 0 radical (unpaired) electrons. The van der Waals surface area contributed by atoms with Crippen LogP contribution in [0.3, 0.4) is 0 Å². The number of rotatable bonds is 1. The molecule has 0 aliphatic rings. The van der Waals surface area contributed by atoms with Crippen molar-refractivity contribution in [3.8, 4) is 0 Å². The highest BCUT2D eigenvalue weighted by molar-refractivity contribution is 6.29. The molecule has 0 bridgehead atoms. The lowest BCUT2D eigenvalue weighted by molar-refractivity contribution is 1.18. The van der Waals surface area contributed by atoms with Gasteiger partial charge in [0.15, 0.2) is 0 Å². The van der Waals surface area contributed by atoms with E-state index >= 15 is 0 Å². The zero-order chi connectivity index (χ0) is 9.84. The van der Waals surface area contributed by atoms with Gasteiger partial charge in [-0.25, -0.2) is 4.98 Å². The van der Waals surface area contributed by atoms with Crippen molar-refractivity contribution in [1.82, 2.24) is 4.98 Å². The van der Waals surface area contributed by atoms with Crippen LogP contribution in [0, 0.1) is 6.92 Å². The molecule has 1 nitrogen and oxygen atoms in total. The molecule has 0 aromatic carbocycles. The molecule has 0 amide bonds. The minimum absolute atomic E-state index is 0.524. The van der Waals surface area contributed by atoms with E-state index in [1.54, 1.807) is 6.08 Å². The quantitative estimate of drug-likeness (QED) is 0.620. The van der Waals surface area contributed by atoms with Gasteiger partial charge in [-0.15, -0.1) is 0 Å². The molecule has 0 aliphatic carbocycles. The van der Waals surface area contributed by atoms with E-state index in [0.717, 1.165) is 16.1 Å². The van der Waals surface area contributed by atoms with Gasteiger partial charge in [-0.3, -0.25) is 0 Å². The van der Waals surface area contributed by atoms with E-state index in [-0.39, 0.29) is 0 Å². The summed E-state index contributed by atoms with van der Waals surface area (Å²) in [6.07, 6.45) is 5.59. The maximum Gasteiger partial charge on any atom is 0.130 e. The van der Waals surface area contributed by atoms with E-state index in [0.29, 0.717) is 5.15 Å². The summed E-state index contributed by atoms with van der Waals surface area (Å²) < 4.78 is 0. The van der Waals surface area contributed by atoms with Crippen LogP contribution in [0.4, 0.5) is 0 Å². The summed E-state index contributed by atoms with van der Waals surface area (Å²) in [5.41, 5.74) is 1.13. The summed E-state index contributed by atoms with van der Waals surface area (Å²) in [6.45, 7) is 7.64. The fourth-order valence-corrected chi connectivity index (χ4v) is 1.53. The largest absolute Gasteiger partial charge is 0.236 e. The van der Waals surface area contributed by atoms with Crippen molar-refractivity contribution in [3.63, 3.8) is 0 Å². The van der Waals surface area contributed by atoms with E-state index in [9.17, 15) is 0 Å². The van der Waals surface area contributed by atoms with Crippen molar-refractivity contribution in [3.05, 3.63) is 40.0 Å². The highest BCUT2D eigenvalue weighted by atomic mass is 35.5. The van der Waals surface area contributed by atoms with Crippen LogP contribution in [0.15, 0.2) is 18.7 Å². The second-order valence-corrected chi connectivity index (χ2v) is 3.14. The third kappa shape index (κ3) is 2.19. The van der Waals surface area contributed by atoms with Crippen molar-refractivity contribution in [2.45, 2.75) is 13.8 Å². The molecule has 1 aromatic rings. The molecular weight excluding hydrogens is 182 g/mol. The molecule has 1 heterocycles. The van der Waals surface area contributed by atoms with Gasteiger partial charge in [0.05, 0.1) is 5.35 Å². The summed E-state index contributed by atoms with van der Waals surface area (Å²) in [5, 5.41) is 2.52. The van der Waals surface area contributed by atoms with Gasteiger partial charge >= 0.3 is 0 Å². The minimum atomic E-state index is 0.524. The van der Waals surface area contributed by atoms with Crippen LogP contribution in [0.5, 0.6) is 0 Å². The predicted octanol–water partition coefficient (Wildman–Crippen LogP) is 1.81. The van der Waals surface area contributed by atoms with Crippen molar-refractivity contribution >= 4 is 23.8 Å². The van der Waals surface area contributed by atoms with E-state index in [2.05, 4.69) is 11.6 Å². The van der Waals surface area contributed by atoms with Gasteiger partial charge in [0.1, 0.15) is 5.15 Å². The number of hydrogen-bond acceptors (Lipinski definition) is 1. The summed E-state index contributed by atoms with van der Waals surface area (Å²) in [5.74, 6) is 0. The average molecular weight is 194 g/mol. The van der Waals surface area contributed by atoms with Crippen LogP contribution >= 0.6 is 11.6 Å². The van der Waals surface area contributed by atoms with E-state index in [1.807, 2.05) is 32.1 Å². The van der Waals surface area contributed by atoms with E-state index in [4.69, 9.17) is 11.6 Å².